The van der Waals surface area contributed by atoms with Crippen molar-refractivity contribution in [2.24, 2.45) is 0 Å². The summed E-state index contributed by atoms with van der Waals surface area (Å²) in [4.78, 5) is 6.96. The SMILES string of the molecule is C.CC(C)c1ccc(N2CCCCC2)cn1. The van der Waals surface area contributed by atoms with E-state index in [1.165, 1.54) is 43.7 Å². The van der Waals surface area contributed by atoms with Gasteiger partial charge in [-0.1, -0.05) is 21.3 Å². The van der Waals surface area contributed by atoms with Gasteiger partial charge in [-0.25, -0.2) is 0 Å². The highest BCUT2D eigenvalue weighted by Gasteiger charge is 2.11. The smallest absolute Gasteiger partial charge is 0.0552 e. The Bertz CT molecular complexity index is 297. The summed E-state index contributed by atoms with van der Waals surface area (Å²) >= 11 is 0. The third-order valence-electron chi connectivity index (χ3n) is 3.08. The summed E-state index contributed by atoms with van der Waals surface area (Å²) in [7, 11) is 0. The topological polar surface area (TPSA) is 16.1 Å². The number of hydrogen-bond donors (Lipinski definition) is 0. The minimum Gasteiger partial charge on any atom is -0.370 e. The van der Waals surface area contributed by atoms with Crippen LogP contribution in [0.15, 0.2) is 18.3 Å². The number of hydrogen-bond acceptors (Lipinski definition) is 2. The Morgan fingerprint density at radius 1 is 1.12 bits per heavy atom. The molecule has 1 fully saturated rings. The molecule has 90 valence electrons. The van der Waals surface area contributed by atoms with Crippen molar-refractivity contribution >= 4 is 5.69 Å². The standard InChI is InChI=1S/C13H20N2.CH4/c1-11(2)13-7-6-12(10-14-13)15-8-4-3-5-9-15;/h6-7,10-11H,3-5,8-9H2,1-2H3;1H4. The van der Waals surface area contributed by atoms with Crippen molar-refractivity contribution in [3.05, 3.63) is 24.0 Å². The van der Waals surface area contributed by atoms with Crippen LogP contribution in [-0.2, 0) is 0 Å². The van der Waals surface area contributed by atoms with Gasteiger partial charge < -0.3 is 4.90 Å². The average molecular weight is 220 g/mol. The second-order valence-corrected chi connectivity index (χ2v) is 4.64. The quantitative estimate of drug-likeness (QED) is 0.753. The first-order chi connectivity index (χ1) is 7.27. The molecule has 1 aromatic rings. The molecule has 1 aliphatic heterocycles. The minimum atomic E-state index is 0. The van der Waals surface area contributed by atoms with E-state index in [0.29, 0.717) is 5.92 Å². The third-order valence-corrected chi connectivity index (χ3v) is 3.08. The van der Waals surface area contributed by atoms with Gasteiger partial charge in [0, 0.05) is 18.8 Å². The summed E-state index contributed by atoms with van der Waals surface area (Å²) in [6.07, 6.45) is 6.06. The lowest BCUT2D eigenvalue weighted by atomic mass is 10.1. The number of pyridine rings is 1. The summed E-state index contributed by atoms with van der Waals surface area (Å²) in [5, 5.41) is 0. The second-order valence-electron chi connectivity index (χ2n) is 4.64. The zero-order valence-electron chi connectivity index (χ0n) is 9.74. The predicted octanol–water partition coefficient (Wildman–Crippen LogP) is 3.83. The van der Waals surface area contributed by atoms with Crippen molar-refractivity contribution < 1.29 is 0 Å². The van der Waals surface area contributed by atoms with E-state index in [9.17, 15) is 0 Å². The predicted molar refractivity (Wildman–Crippen MR) is 71.1 cm³/mol. The molecular formula is C14H24N2. The molecule has 16 heavy (non-hydrogen) atoms. The minimum absolute atomic E-state index is 0. The zero-order chi connectivity index (χ0) is 10.7. The van der Waals surface area contributed by atoms with E-state index in [1.54, 1.807) is 0 Å². The van der Waals surface area contributed by atoms with Crippen LogP contribution in [0.25, 0.3) is 0 Å². The number of rotatable bonds is 2. The first kappa shape index (κ1) is 13.0. The van der Waals surface area contributed by atoms with Crippen LogP contribution in [0.2, 0.25) is 0 Å². The van der Waals surface area contributed by atoms with Crippen LogP contribution >= 0.6 is 0 Å². The first-order valence-corrected chi connectivity index (χ1v) is 5.98. The monoisotopic (exact) mass is 220 g/mol. The van der Waals surface area contributed by atoms with Gasteiger partial charge in [0.25, 0.3) is 0 Å². The number of piperidine rings is 1. The largest absolute Gasteiger partial charge is 0.370 e. The fourth-order valence-corrected chi connectivity index (χ4v) is 2.08. The molecule has 0 saturated carbocycles. The van der Waals surface area contributed by atoms with Crippen molar-refractivity contribution in [1.29, 1.82) is 0 Å². The molecule has 0 atom stereocenters. The molecule has 2 rings (SSSR count). The molecule has 0 aromatic carbocycles. The summed E-state index contributed by atoms with van der Waals surface area (Å²) in [6, 6.07) is 4.38. The van der Waals surface area contributed by atoms with Crippen LogP contribution in [-0.4, -0.2) is 18.1 Å². The lowest BCUT2D eigenvalue weighted by Crippen LogP contribution is -2.29. The van der Waals surface area contributed by atoms with E-state index in [1.807, 2.05) is 6.20 Å². The first-order valence-electron chi connectivity index (χ1n) is 5.98. The van der Waals surface area contributed by atoms with Crippen LogP contribution in [0.3, 0.4) is 0 Å². The molecule has 2 nitrogen and oxygen atoms in total. The molecule has 2 heterocycles. The van der Waals surface area contributed by atoms with Crippen molar-refractivity contribution in [3.63, 3.8) is 0 Å². The van der Waals surface area contributed by atoms with E-state index in [-0.39, 0.29) is 7.43 Å². The fraction of sp³-hybridized carbons (Fsp3) is 0.643. The molecule has 1 saturated heterocycles. The third kappa shape index (κ3) is 2.97. The van der Waals surface area contributed by atoms with Crippen molar-refractivity contribution in [3.8, 4) is 0 Å². The van der Waals surface area contributed by atoms with Crippen LogP contribution in [0.5, 0.6) is 0 Å². The molecule has 0 spiro atoms. The molecule has 0 aliphatic carbocycles. The van der Waals surface area contributed by atoms with Crippen molar-refractivity contribution in [2.75, 3.05) is 18.0 Å². The van der Waals surface area contributed by atoms with Gasteiger partial charge >= 0.3 is 0 Å². The summed E-state index contributed by atoms with van der Waals surface area (Å²) < 4.78 is 0. The fourth-order valence-electron chi connectivity index (χ4n) is 2.08. The Morgan fingerprint density at radius 2 is 1.81 bits per heavy atom. The molecule has 0 radical (unpaired) electrons. The molecule has 0 unspecified atom stereocenters. The highest BCUT2D eigenvalue weighted by molar-refractivity contribution is 5.45. The highest BCUT2D eigenvalue weighted by Crippen LogP contribution is 2.20. The molecule has 1 aromatic heterocycles. The van der Waals surface area contributed by atoms with Crippen LogP contribution in [0.1, 0.15) is 52.1 Å². The van der Waals surface area contributed by atoms with Gasteiger partial charge in [-0.2, -0.15) is 0 Å². The maximum Gasteiger partial charge on any atom is 0.0552 e. The van der Waals surface area contributed by atoms with E-state index in [2.05, 4.69) is 35.9 Å². The maximum absolute atomic E-state index is 4.51. The van der Waals surface area contributed by atoms with Crippen LogP contribution in [0, 0.1) is 0 Å². The van der Waals surface area contributed by atoms with Gasteiger partial charge in [0.05, 0.1) is 11.9 Å². The maximum atomic E-state index is 4.51. The average Bonchev–Trinajstić information content (AvgIpc) is 2.30. The van der Waals surface area contributed by atoms with Crippen molar-refractivity contribution in [2.45, 2.75) is 46.5 Å². The van der Waals surface area contributed by atoms with E-state index >= 15 is 0 Å². The lowest BCUT2D eigenvalue weighted by Gasteiger charge is -2.28. The van der Waals surface area contributed by atoms with Crippen LogP contribution < -0.4 is 4.90 Å². The van der Waals surface area contributed by atoms with E-state index < -0.39 is 0 Å². The van der Waals surface area contributed by atoms with Gasteiger partial charge in [-0.15, -0.1) is 0 Å². The Balaban J connectivity index is 0.00000128. The number of aromatic nitrogens is 1. The number of nitrogens with zero attached hydrogens (tertiary/aromatic N) is 2. The van der Waals surface area contributed by atoms with Gasteiger partial charge in [0.15, 0.2) is 0 Å². The summed E-state index contributed by atoms with van der Waals surface area (Å²) in [5.41, 5.74) is 2.48. The number of anilines is 1. The molecule has 0 bridgehead atoms. The molecule has 1 aliphatic rings. The van der Waals surface area contributed by atoms with Gasteiger partial charge in [-0.3, -0.25) is 4.98 Å². The van der Waals surface area contributed by atoms with Gasteiger partial charge in [-0.05, 0) is 37.3 Å². The van der Waals surface area contributed by atoms with E-state index in [0.717, 1.165) is 0 Å². The second kappa shape index (κ2) is 5.88. The highest BCUT2D eigenvalue weighted by atomic mass is 15.1. The van der Waals surface area contributed by atoms with Gasteiger partial charge in [0.2, 0.25) is 0 Å². The Kier molecular flexibility index (Phi) is 4.78. The Hall–Kier alpha value is -1.05. The van der Waals surface area contributed by atoms with E-state index in [4.69, 9.17) is 0 Å². The molecule has 0 N–H and O–H groups in total. The van der Waals surface area contributed by atoms with Crippen molar-refractivity contribution in [1.82, 2.24) is 4.98 Å². The Labute approximate surface area is 99.7 Å². The zero-order valence-corrected chi connectivity index (χ0v) is 9.74. The molecule has 0 amide bonds. The van der Waals surface area contributed by atoms with Gasteiger partial charge in [0.1, 0.15) is 0 Å². The normalized spacial score (nSPS) is 16.1. The molecular weight excluding hydrogens is 196 g/mol. The molecule has 2 heteroatoms. The Morgan fingerprint density at radius 3 is 2.31 bits per heavy atom. The lowest BCUT2D eigenvalue weighted by molar-refractivity contribution is 0.577. The summed E-state index contributed by atoms with van der Waals surface area (Å²) in [6.45, 7) is 6.76. The van der Waals surface area contributed by atoms with Crippen LogP contribution in [0.4, 0.5) is 5.69 Å². The summed E-state index contributed by atoms with van der Waals surface area (Å²) in [5.74, 6) is 0.528.